The monoisotopic (exact) mass is 279 g/mol. The predicted octanol–water partition coefficient (Wildman–Crippen LogP) is 0.294. The van der Waals surface area contributed by atoms with E-state index in [9.17, 15) is 14.4 Å². The molecule has 108 valence electrons. The van der Waals surface area contributed by atoms with Crippen LogP contribution < -0.4 is 5.32 Å². The maximum absolute atomic E-state index is 11.9. The van der Waals surface area contributed by atoms with Gasteiger partial charge in [-0.1, -0.05) is 31.5 Å². The summed E-state index contributed by atoms with van der Waals surface area (Å²) >= 11 is 0. The second kappa shape index (κ2) is 6.93. The zero-order valence-corrected chi connectivity index (χ0v) is 11.5. The first-order valence-electron chi connectivity index (χ1n) is 6.46. The molecule has 0 saturated heterocycles. The average molecular weight is 279 g/mol. The molecule has 1 aliphatic heterocycles. The lowest BCUT2D eigenvalue weighted by Gasteiger charge is -2.14. The van der Waals surface area contributed by atoms with Crippen molar-refractivity contribution in [1.82, 2.24) is 5.32 Å². The van der Waals surface area contributed by atoms with E-state index < -0.39 is 23.9 Å². The highest BCUT2D eigenvalue weighted by Gasteiger charge is 2.25. The Morgan fingerprint density at radius 2 is 1.90 bits per heavy atom. The first kappa shape index (κ1) is 16.0. The molecule has 0 aromatic rings. The van der Waals surface area contributed by atoms with Crippen LogP contribution in [-0.2, 0) is 14.4 Å². The third-order valence-electron chi connectivity index (χ3n) is 3.18. The summed E-state index contributed by atoms with van der Waals surface area (Å²) in [5.41, 5.74) is 1.63. The maximum atomic E-state index is 11.9. The van der Waals surface area contributed by atoms with E-state index >= 15 is 0 Å². The molecule has 0 radical (unpaired) electrons. The fraction of sp³-hybridized carbons (Fsp3) is 0.462. The zero-order valence-electron chi connectivity index (χ0n) is 11.5. The first-order chi connectivity index (χ1) is 9.31. The predicted molar refractivity (Wildman–Crippen MR) is 74.6 cm³/mol. The topological polar surface area (TPSA) is 104 Å². The fourth-order valence-electron chi connectivity index (χ4n) is 1.87. The number of amides is 1. The highest BCUT2D eigenvalue weighted by Crippen LogP contribution is 2.17. The van der Waals surface area contributed by atoms with Gasteiger partial charge in [-0.25, -0.2) is 4.79 Å². The molecule has 0 spiro atoms. The van der Waals surface area contributed by atoms with Crippen molar-refractivity contribution in [2.24, 2.45) is 5.92 Å². The lowest BCUT2D eigenvalue weighted by Crippen LogP contribution is -2.42. The highest BCUT2D eigenvalue weighted by atomic mass is 16.4. The molecule has 20 heavy (non-hydrogen) atoms. The third-order valence-corrected chi connectivity index (χ3v) is 3.18. The number of hydrogen-bond acceptors (Lipinski definition) is 3. The van der Waals surface area contributed by atoms with E-state index in [0.29, 0.717) is 18.7 Å². The molecule has 1 amide bonds. The number of hydrogen-bond donors (Lipinski definition) is 3. The van der Waals surface area contributed by atoms with E-state index in [2.05, 4.69) is 5.32 Å². The fourth-order valence-corrected chi connectivity index (χ4v) is 1.87. The van der Waals surface area contributed by atoms with E-state index in [0.717, 1.165) is 5.47 Å². The van der Waals surface area contributed by atoms with Gasteiger partial charge in [-0.3, -0.25) is 9.59 Å². The normalized spacial score (nSPS) is 15.2. The SMILES string of the molecule is CC(C)C1=CC=C(C(=O)N[C@@H](CCC(=O)O)C(=O)O)B1. The van der Waals surface area contributed by atoms with Gasteiger partial charge < -0.3 is 15.5 Å². The Bertz CT molecular complexity index is 481. The number of carbonyl (C=O) groups excluding carboxylic acids is 1. The Kier molecular flexibility index (Phi) is 5.55. The van der Waals surface area contributed by atoms with Crippen LogP contribution in [-0.4, -0.2) is 41.4 Å². The van der Waals surface area contributed by atoms with Crippen molar-refractivity contribution in [1.29, 1.82) is 0 Å². The largest absolute Gasteiger partial charge is 0.481 e. The molecule has 3 N–H and O–H groups in total. The lowest BCUT2D eigenvalue weighted by molar-refractivity contribution is -0.142. The molecular formula is C13H18BNO5. The summed E-state index contributed by atoms with van der Waals surface area (Å²) in [5, 5.41) is 19.9. The molecular weight excluding hydrogens is 261 g/mol. The molecule has 0 aromatic heterocycles. The van der Waals surface area contributed by atoms with E-state index in [4.69, 9.17) is 10.2 Å². The Morgan fingerprint density at radius 1 is 1.25 bits per heavy atom. The van der Waals surface area contributed by atoms with Gasteiger partial charge in [0.1, 0.15) is 6.04 Å². The third kappa shape index (κ3) is 4.57. The summed E-state index contributed by atoms with van der Waals surface area (Å²) in [4.78, 5) is 33.4. The van der Waals surface area contributed by atoms with Gasteiger partial charge in [0.25, 0.3) is 0 Å². The summed E-state index contributed by atoms with van der Waals surface area (Å²) in [6.45, 7) is 4.04. The average Bonchev–Trinajstić information content (AvgIpc) is 2.83. The van der Waals surface area contributed by atoms with Crippen LogP contribution in [0.15, 0.2) is 23.1 Å². The van der Waals surface area contributed by atoms with Crippen molar-refractivity contribution >= 4 is 25.1 Å². The van der Waals surface area contributed by atoms with E-state index in [1.54, 1.807) is 6.08 Å². The van der Waals surface area contributed by atoms with Crippen LogP contribution in [0.4, 0.5) is 0 Å². The highest BCUT2D eigenvalue weighted by molar-refractivity contribution is 6.62. The molecule has 0 saturated carbocycles. The van der Waals surface area contributed by atoms with Crippen LogP contribution in [0.2, 0.25) is 0 Å². The van der Waals surface area contributed by atoms with E-state index in [1.165, 1.54) is 0 Å². The van der Waals surface area contributed by atoms with Gasteiger partial charge >= 0.3 is 11.9 Å². The molecule has 1 rings (SSSR count). The molecule has 0 aliphatic carbocycles. The number of allylic oxidation sites excluding steroid dienone is 3. The van der Waals surface area contributed by atoms with Crippen molar-refractivity contribution in [3.8, 4) is 0 Å². The Balaban J connectivity index is 2.56. The van der Waals surface area contributed by atoms with E-state index in [-0.39, 0.29) is 12.8 Å². The van der Waals surface area contributed by atoms with Crippen LogP contribution in [0.25, 0.3) is 0 Å². The Hall–Kier alpha value is -2.05. The Labute approximate surface area is 117 Å². The summed E-state index contributed by atoms with van der Waals surface area (Å²) in [7, 11) is 0.509. The Morgan fingerprint density at radius 3 is 2.35 bits per heavy atom. The van der Waals surface area contributed by atoms with Gasteiger partial charge in [0, 0.05) is 6.42 Å². The summed E-state index contributed by atoms with van der Waals surface area (Å²) in [6.07, 6.45) is 3.12. The number of carbonyl (C=O) groups is 3. The molecule has 0 bridgehead atoms. The molecule has 0 fully saturated rings. The van der Waals surface area contributed by atoms with Gasteiger partial charge in [-0.05, 0) is 17.8 Å². The van der Waals surface area contributed by atoms with Gasteiger partial charge in [-0.15, -0.1) is 0 Å². The van der Waals surface area contributed by atoms with Gasteiger partial charge in [0.05, 0.1) is 0 Å². The molecule has 7 heteroatoms. The number of carboxylic acid groups (broad SMARTS) is 2. The zero-order chi connectivity index (χ0) is 15.3. The van der Waals surface area contributed by atoms with Gasteiger partial charge in [-0.2, -0.15) is 0 Å². The van der Waals surface area contributed by atoms with Crippen LogP contribution >= 0.6 is 0 Å². The van der Waals surface area contributed by atoms with Crippen LogP contribution in [0.5, 0.6) is 0 Å². The molecule has 1 atom stereocenters. The van der Waals surface area contributed by atoms with Crippen molar-refractivity contribution in [2.45, 2.75) is 32.7 Å². The molecule has 0 unspecified atom stereocenters. The smallest absolute Gasteiger partial charge is 0.326 e. The second-order valence-corrected chi connectivity index (χ2v) is 5.06. The van der Waals surface area contributed by atoms with Crippen molar-refractivity contribution in [2.75, 3.05) is 0 Å². The second-order valence-electron chi connectivity index (χ2n) is 5.06. The molecule has 1 aliphatic rings. The summed E-state index contributed by atoms with van der Waals surface area (Å²) in [5.74, 6) is -2.43. The van der Waals surface area contributed by atoms with Crippen LogP contribution in [0.1, 0.15) is 26.7 Å². The minimum atomic E-state index is -1.23. The first-order valence-corrected chi connectivity index (χ1v) is 6.46. The van der Waals surface area contributed by atoms with Crippen molar-refractivity contribution in [3.05, 3.63) is 23.1 Å². The number of aliphatic carboxylic acids is 2. The standard InChI is InChI=1S/C13H18BNO5/c1-7(2)8-3-4-9(14-8)12(18)15-10(13(19)20)5-6-11(16)17/h3-4,7,10,14H,5-6H2,1-2H3,(H,15,18)(H,16,17)(H,19,20)/t10-/m0/s1. The minimum Gasteiger partial charge on any atom is -0.481 e. The van der Waals surface area contributed by atoms with Crippen molar-refractivity contribution in [3.63, 3.8) is 0 Å². The van der Waals surface area contributed by atoms with Crippen LogP contribution in [0.3, 0.4) is 0 Å². The quantitative estimate of drug-likeness (QED) is 0.581. The molecule has 6 nitrogen and oxygen atoms in total. The summed E-state index contributed by atoms with van der Waals surface area (Å²) < 4.78 is 0. The molecule has 0 aromatic carbocycles. The van der Waals surface area contributed by atoms with Gasteiger partial charge in [0.2, 0.25) is 5.91 Å². The number of nitrogens with one attached hydrogen (secondary N) is 1. The lowest BCUT2D eigenvalue weighted by atomic mass is 9.62. The van der Waals surface area contributed by atoms with Crippen LogP contribution in [0, 0.1) is 5.92 Å². The van der Waals surface area contributed by atoms with Crippen molar-refractivity contribution < 1.29 is 24.6 Å². The maximum Gasteiger partial charge on any atom is 0.326 e. The van der Waals surface area contributed by atoms with E-state index in [1.807, 2.05) is 19.9 Å². The summed E-state index contributed by atoms with van der Waals surface area (Å²) in [6, 6.07) is -1.18. The molecule has 1 heterocycles. The minimum absolute atomic E-state index is 0.131. The number of rotatable bonds is 7. The van der Waals surface area contributed by atoms with Gasteiger partial charge in [0.15, 0.2) is 7.28 Å². The number of carboxylic acids is 2.